The van der Waals surface area contributed by atoms with Gasteiger partial charge in [-0.3, -0.25) is 9.69 Å². The second kappa shape index (κ2) is 13.5. The molecule has 2 amide bonds. The lowest BCUT2D eigenvalue weighted by molar-refractivity contribution is -0.123. The molecule has 2 fully saturated rings. The van der Waals surface area contributed by atoms with E-state index in [1.54, 1.807) is 11.8 Å². The van der Waals surface area contributed by atoms with Crippen molar-refractivity contribution in [2.45, 2.75) is 89.9 Å². The molecule has 2 N–H and O–H groups in total. The Balaban J connectivity index is 1.47. The molecule has 0 bridgehead atoms. The Morgan fingerprint density at radius 2 is 1.74 bits per heavy atom. The SMILES string of the molecule is CC(C)(C)OC(=O)NC(CSCC1CCCCC1)C(=O)NC1CCN(Cc2ccc(F)cc2)CC1. The number of ether oxygens (including phenoxy) is 1. The van der Waals surface area contributed by atoms with Crippen molar-refractivity contribution < 1.29 is 18.7 Å². The van der Waals surface area contributed by atoms with E-state index < -0.39 is 17.7 Å². The Morgan fingerprint density at radius 1 is 1.09 bits per heavy atom. The van der Waals surface area contributed by atoms with E-state index in [-0.39, 0.29) is 17.8 Å². The second-order valence-corrected chi connectivity index (χ2v) is 12.0. The molecule has 35 heavy (non-hydrogen) atoms. The number of alkyl carbamates (subject to hydrolysis) is 1. The summed E-state index contributed by atoms with van der Waals surface area (Å²) in [5, 5.41) is 5.98. The van der Waals surface area contributed by atoms with Crippen LogP contribution in [0.25, 0.3) is 0 Å². The number of piperidine rings is 1. The highest BCUT2D eigenvalue weighted by Crippen LogP contribution is 2.27. The Morgan fingerprint density at radius 3 is 2.37 bits per heavy atom. The summed E-state index contributed by atoms with van der Waals surface area (Å²) < 4.78 is 18.6. The van der Waals surface area contributed by atoms with Crippen LogP contribution in [-0.2, 0) is 16.1 Å². The van der Waals surface area contributed by atoms with Crippen molar-refractivity contribution >= 4 is 23.8 Å². The lowest BCUT2D eigenvalue weighted by Gasteiger charge is -2.33. The number of carbonyl (C=O) groups is 2. The van der Waals surface area contributed by atoms with Crippen LogP contribution in [0, 0.1) is 11.7 Å². The predicted octanol–water partition coefficient (Wildman–Crippen LogP) is 5.11. The summed E-state index contributed by atoms with van der Waals surface area (Å²) in [5.41, 5.74) is 0.475. The molecular formula is C27H42FN3O3S. The van der Waals surface area contributed by atoms with Gasteiger partial charge in [-0.1, -0.05) is 31.4 Å². The molecule has 1 atom stereocenters. The van der Waals surface area contributed by atoms with E-state index in [9.17, 15) is 14.0 Å². The maximum absolute atomic E-state index is 13.2. The number of amides is 2. The van der Waals surface area contributed by atoms with Gasteiger partial charge in [0, 0.05) is 31.4 Å². The molecule has 0 spiro atoms. The standard InChI is InChI=1S/C27H42FN3O3S/c1-27(2,3)34-26(33)30-24(19-35-18-21-7-5-4-6-8-21)25(32)29-23-13-15-31(16-14-23)17-20-9-11-22(28)12-10-20/h9-12,21,23-24H,4-8,13-19H2,1-3H3,(H,29,32)(H,30,33). The average molecular weight is 508 g/mol. The topological polar surface area (TPSA) is 70.7 Å². The number of benzene rings is 1. The summed E-state index contributed by atoms with van der Waals surface area (Å²) in [5.74, 6) is 1.93. The summed E-state index contributed by atoms with van der Waals surface area (Å²) in [6.45, 7) is 7.96. The zero-order valence-corrected chi connectivity index (χ0v) is 22.3. The molecule has 0 aromatic heterocycles. The zero-order valence-electron chi connectivity index (χ0n) is 21.5. The third-order valence-corrected chi connectivity index (χ3v) is 7.90. The molecule has 6 nitrogen and oxygen atoms in total. The lowest BCUT2D eigenvalue weighted by Crippen LogP contribution is -2.53. The molecule has 8 heteroatoms. The van der Waals surface area contributed by atoms with Crippen LogP contribution in [0.1, 0.15) is 71.3 Å². The van der Waals surface area contributed by atoms with Gasteiger partial charge in [-0.15, -0.1) is 0 Å². The highest BCUT2D eigenvalue weighted by Gasteiger charge is 2.28. The van der Waals surface area contributed by atoms with Gasteiger partial charge < -0.3 is 15.4 Å². The van der Waals surface area contributed by atoms with E-state index in [0.29, 0.717) is 11.7 Å². The zero-order chi connectivity index (χ0) is 25.3. The number of nitrogens with one attached hydrogen (secondary N) is 2. The highest BCUT2D eigenvalue weighted by atomic mass is 32.2. The van der Waals surface area contributed by atoms with Gasteiger partial charge in [0.15, 0.2) is 0 Å². The molecular weight excluding hydrogens is 465 g/mol. The van der Waals surface area contributed by atoms with Crippen molar-refractivity contribution in [2.75, 3.05) is 24.6 Å². The van der Waals surface area contributed by atoms with Crippen LogP contribution in [0.5, 0.6) is 0 Å². The van der Waals surface area contributed by atoms with Crippen molar-refractivity contribution in [1.29, 1.82) is 0 Å². The summed E-state index contributed by atoms with van der Waals surface area (Å²) in [7, 11) is 0. The van der Waals surface area contributed by atoms with Gasteiger partial charge >= 0.3 is 6.09 Å². The minimum atomic E-state index is -0.615. The number of hydrogen-bond donors (Lipinski definition) is 2. The molecule has 1 aromatic rings. The molecule has 1 aliphatic carbocycles. The maximum atomic E-state index is 13.2. The minimum Gasteiger partial charge on any atom is -0.444 e. The van der Waals surface area contributed by atoms with E-state index in [2.05, 4.69) is 15.5 Å². The predicted molar refractivity (Wildman–Crippen MR) is 140 cm³/mol. The summed E-state index contributed by atoms with van der Waals surface area (Å²) in [6, 6.07) is 6.09. The first-order valence-electron chi connectivity index (χ1n) is 13.0. The van der Waals surface area contributed by atoms with Crippen LogP contribution >= 0.6 is 11.8 Å². The number of thioether (sulfide) groups is 1. The van der Waals surface area contributed by atoms with Crippen molar-refractivity contribution in [1.82, 2.24) is 15.5 Å². The molecule has 1 aliphatic heterocycles. The Kier molecular flexibility index (Phi) is 10.7. The molecule has 1 saturated carbocycles. The summed E-state index contributed by atoms with van der Waals surface area (Å²) >= 11 is 1.75. The van der Waals surface area contributed by atoms with Crippen LogP contribution in [0.4, 0.5) is 9.18 Å². The van der Waals surface area contributed by atoms with E-state index in [4.69, 9.17) is 4.74 Å². The van der Waals surface area contributed by atoms with Gasteiger partial charge in [-0.25, -0.2) is 9.18 Å². The van der Waals surface area contributed by atoms with Crippen LogP contribution in [0.3, 0.4) is 0 Å². The lowest BCUT2D eigenvalue weighted by atomic mass is 9.91. The van der Waals surface area contributed by atoms with Gasteiger partial charge in [0.2, 0.25) is 5.91 Å². The largest absolute Gasteiger partial charge is 0.444 e. The normalized spacial score (nSPS) is 19.2. The first-order valence-corrected chi connectivity index (χ1v) is 14.2. The number of rotatable bonds is 9. The van der Waals surface area contributed by atoms with Crippen molar-refractivity contribution in [2.24, 2.45) is 5.92 Å². The van der Waals surface area contributed by atoms with Gasteiger partial charge in [-0.2, -0.15) is 11.8 Å². The van der Waals surface area contributed by atoms with Crippen LogP contribution in [0.2, 0.25) is 0 Å². The van der Waals surface area contributed by atoms with E-state index in [1.807, 2.05) is 32.9 Å². The minimum absolute atomic E-state index is 0.0817. The second-order valence-electron chi connectivity index (χ2n) is 10.9. The van der Waals surface area contributed by atoms with Gasteiger partial charge in [0.25, 0.3) is 0 Å². The monoisotopic (exact) mass is 507 g/mol. The fourth-order valence-electron chi connectivity index (χ4n) is 4.72. The number of likely N-dealkylation sites (tertiary alicyclic amines) is 1. The van der Waals surface area contributed by atoms with Crippen LogP contribution < -0.4 is 10.6 Å². The maximum Gasteiger partial charge on any atom is 0.408 e. The van der Waals surface area contributed by atoms with Crippen molar-refractivity contribution in [3.63, 3.8) is 0 Å². The summed E-state index contributed by atoms with van der Waals surface area (Å²) in [6.07, 6.45) is 7.60. The Labute approximate surface area is 214 Å². The number of carbonyl (C=O) groups excluding carboxylic acids is 2. The molecule has 3 rings (SSSR count). The first-order chi connectivity index (χ1) is 16.7. The van der Waals surface area contributed by atoms with Crippen LogP contribution in [-0.4, -0.2) is 59.2 Å². The Hall–Kier alpha value is -1.80. The quantitative estimate of drug-likeness (QED) is 0.486. The third kappa shape index (κ3) is 10.4. The highest BCUT2D eigenvalue weighted by molar-refractivity contribution is 7.99. The van der Waals surface area contributed by atoms with Gasteiger partial charge in [0.1, 0.15) is 17.5 Å². The summed E-state index contributed by atoms with van der Waals surface area (Å²) in [4.78, 5) is 27.9. The number of nitrogens with zero attached hydrogens (tertiary/aromatic N) is 1. The van der Waals surface area contributed by atoms with E-state index in [0.717, 1.165) is 43.8 Å². The number of halogens is 1. The third-order valence-electron chi connectivity index (χ3n) is 6.62. The van der Waals surface area contributed by atoms with Crippen molar-refractivity contribution in [3.05, 3.63) is 35.6 Å². The average Bonchev–Trinajstić information content (AvgIpc) is 2.80. The van der Waals surface area contributed by atoms with E-state index in [1.165, 1.54) is 44.2 Å². The molecule has 1 saturated heterocycles. The van der Waals surface area contributed by atoms with Crippen LogP contribution in [0.15, 0.2) is 24.3 Å². The Bertz CT molecular complexity index is 801. The fourth-order valence-corrected chi connectivity index (χ4v) is 6.00. The molecule has 1 aromatic carbocycles. The molecule has 1 heterocycles. The van der Waals surface area contributed by atoms with Gasteiger partial charge in [0.05, 0.1) is 0 Å². The fraction of sp³-hybridized carbons (Fsp3) is 0.704. The first kappa shape index (κ1) is 27.8. The molecule has 196 valence electrons. The van der Waals surface area contributed by atoms with E-state index >= 15 is 0 Å². The van der Waals surface area contributed by atoms with Gasteiger partial charge in [-0.05, 0) is 75.8 Å². The number of hydrogen-bond acceptors (Lipinski definition) is 5. The van der Waals surface area contributed by atoms with Crippen molar-refractivity contribution in [3.8, 4) is 0 Å². The molecule has 0 radical (unpaired) electrons. The molecule has 1 unspecified atom stereocenters. The smallest absolute Gasteiger partial charge is 0.408 e. The molecule has 2 aliphatic rings.